The number of quaternary nitrogens is 1. The zero-order valence-electron chi connectivity index (χ0n) is 22.7. The standard InChI is InChI=1S/C26H58NO3Si.HI/c1-7-8-9-10-11-12-13-14-15-16-17-18-19-20-21-22-24-27(2,3)25-23-26-31(28-4,29-5)30-6;/h7-26H2,1-6H3;1H/q+1;/p-1. The molecular formula is C26H58INO3Si. The predicted octanol–water partition coefficient (Wildman–Crippen LogP) is 4.60. The van der Waals surface area contributed by atoms with Gasteiger partial charge in [-0.15, -0.1) is 0 Å². The van der Waals surface area contributed by atoms with Gasteiger partial charge >= 0.3 is 8.80 Å². The van der Waals surface area contributed by atoms with Gasteiger partial charge in [-0.1, -0.05) is 96.8 Å². The van der Waals surface area contributed by atoms with Crippen molar-refractivity contribution in [2.24, 2.45) is 0 Å². The molecule has 32 heavy (non-hydrogen) atoms. The zero-order chi connectivity index (χ0) is 23.3. The number of unbranched alkanes of at least 4 members (excludes halogenated alkanes) is 15. The van der Waals surface area contributed by atoms with Gasteiger partial charge in [-0.05, 0) is 12.8 Å². The maximum Gasteiger partial charge on any atom is 0.500 e. The highest BCUT2D eigenvalue weighted by molar-refractivity contribution is 6.60. The molecule has 0 aliphatic heterocycles. The molecule has 4 nitrogen and oxygen atoms in total. The van der Waals surface area contributed by atoms with Crippen LogP contribution in [0.5, 0.6) is 0 Å². The Hall–Kier alpha value is 0.787. The summed E-state index contributed by atoms with van der Waals surface area (Å²) in [4.78, 5) is 0. The first-order valence-electron chi connectivity index (χ1n) is 13.4. The molecule has 0 aromatic heterocycles. The molecule has 0 bridgehead atoms. The lowest BCUT2D eigenvalue weighted by atomic mass is 10.0. The van der Waals surface area contributed by atoms with Crippen LogP contribution in [-0.4, -0.2) is 61.8 Å². The van der Waals surface area contributed by atoms with E-state index in [1.807, 2.05) is 0 Å². The van der Waals surface area contributed by atoms with Crippen LogP contribution in [0.4, 0.5) is 0 Å². The Balaban J connectivity index is 0. The van der Waals surface area contributed by atoms with Crippen molar-refractivity contribution in [1.29, 1.82) is 0 Å². The van der Waals surface area contributed by atoms with Crippen LogP contribution in [0.15, 0.2) is 0 Å². The summed E-state index contributed by atoms with van der Waals surface area (Å²) in [6.45, 7) is 4.72. The number of rotatable bonds is 24. The quantitative estimate of drug-likeness (QED) is 0.0716. The van der Waals surface area contributed by atoms with Crippen LogP contribution < -0.4 is 24.0 Å². The molecule has 6 heteroatoms. The Morgan fingerprint density at radius 1 is 0.500 bits per heavy atom. The van der Waals surface area contributed by atoms with Gasteiger partial charge in [0.15, 0.2) is 0 Å². The molecule has 0 radical (unpaired) electrons. The maximum atomic E-state index is 5.53. The van der Waals surface area contributed by atoms with Crippen LogP contribution in [0.1, 0.15) is 116 Å². The molecule has 0 saturated heterocycles. The fourth-order valence-electron chi connectivity index (χ4n) is 4.48. The second-order valence-corrected chi connectivity index (χ2v) is 13.2. The van der Waals surface area contributed by atoms with Crippen molar-refractivity contribution in [2.75, 3.05) is 48.5 Å². The minimum atomic E-state index is -2.40. The lowest BCUT2D eigenvalue weighted by molar-refractivity contribution is -0.890. The van der Waals surface area contributed by atoms with Crippen molar-refractivity contribution in [1.82, 2.24) is 0 Å². The molecule has 0 unspecified atom stereocenters. The first-order valence-corrected chi connectivity index (χ1v) is 15.4. The van der Waals surface area contributed by atoms with Gasteiger partial charge in [0, 0.05) is 33.8 Å². The maximum absolute atomic E-state index is 5.53. The topological polar surface area (TPSA) is 27.7 Å². The molecule has 0 aromatic carbocycles. The summed E-state index contributed by atoms with van der Waals surface area (Å²) < 4.78 is 17.7. The van der Waals surface area contributed by atoms with E-state index in [-0.39, 0.29) is 24.0 Å². The summed E-state index contributed by atoms with van der Waals surface area (Å²) in [5, 5.41) is 0. The van der Waals surface area contributed by atoms with Gasteiger partial charge in [0.25, 0.3) is 0 Å². The molecule has 0 spiro atoms. The molecular weight excluding hydrogens is 529 g/mol. The van der Waals surface area contributed by atoms with Gasteiger partial charge in [0.05, 0.1) is 27.2 Å². The molecule has 0 saturated carbocycles. The predicted molar refractivity (Wildman–Crippen MR) is 138 cm³/mol. The molecule has 0 aromatic rings. The number of nitrogens with zero attached hydrogens (tertiary/aromatic N) is 1. The summed E-state index contributed by atoms with van der Waals surface area (Å²) in [6, 6.07) is 0.900. The van der Waals surface area contributed by atoms with Gasteiger partial charge in [0.1, 0.15) is 0 Å². The first kappa shape index (κ1) is 35.0. The van der Waals surface area contributed by atoms with E-state index in [1.54, 1.807) is 21.3 Å². The Morgan fingerprint density at radius 3 is 1.16 bits per heavy atom. The second-order valence-electron chi connectivity index (χ2n) is 10.1. The average molecular weight is 588 g/mol. The zero-order valence-corrected chi connectivity index (χ0v) is 25.8. The highest BCUT2D eigenvalue weighted by Gasteiger charge is 2.37. The summed E-state index contributed by atoms with van der Waals surface area (Å²) >= 11 is 0. The molecule has 196 valence electrons. The van der Waals surface area contributed by atoms with Crippen molar-refractivity contribution in [3.8, 4) is 0 Å². The van der Waals surface area contributed by atoms with Gasteiger partial charge in [-0.25, -0.2) is 0 Å². The lowest BCUT2D eigenvalue weighted by Gasteiger charge is -2.31. The van der Waals surface area contributed by atoms with Gasteiger partial charge in [-0.2, -0.15) is 0 Å². The first-order chi connectivity index (χ1) is 14.9. The van der Waals surface area contributed by atoms with Crippen LogP contribution in [0.3, 0.4) is 0 Å². The van der Waals surface area contributed by atoms with E-state index < -0.39 is 8.80 Å². The SMILES string of the molecule is CCCCCCCCCCCCCCCCCC[N+](C)(C)CCC[Si](OC)(OC)OC.[I-]. The minimum absolute atomic E-state index is 0. The van der Waals surface area contributed by atoms with Gasteiger partial charge < -0.3 is 41.7 Å². The lowest BCUT2D eigenvalue weighted by Crippen LogP contribution is -3.00. The molecule has 0 aliphatic carbocycles. The largest absolute Gasteiger partial charge is 1.00 e. The Kier molecular flexibility index (Phi) is 25.7. The van der Waals surface area contributed by atoms with Crippen LogP contribution in [0.2, 0.25) is 6.04 Å². The summed E-state index contributed by atoms with van der Waals surface area (Å²) in [6.07, 6.45) is 24.0. The van der Waals surface area contributed by atoms with Crippen molar-refractivity contribution in [3.05, 3.63) is 0 Å². The molecule has 0 aliphatic rings. The van der Waals surface area contributed by atoms with Crippen molar-refractivity contribution < 1.29 is 41.7 Å². The molecule has 0 rings (SSSR count). The molecule has 0 atom stereocenters. The fourth-order valence-corrected chi connectivity index (χ4v) is 6.18. The number of hydrogen-bond acceptors (Lipinski definition) is 3. The van der Waals surface area contributed by atoms with E-state index >= 15 is 0 Å². The van der Waals surface area contributed by atoms with Gasteiger partial charge in [-0.3, -0.25) is 0 Å². The molecule has 0 N–H and O–H groups in total. The van der Waals surface area contributed by atoms with E-state index in [9.17, 15) is 0 Å². The van der Waals surface area contributed by atoms with E-state index in [0.717, 1.165) is 23.5 Å². The Labute approximate surface area is 220 Å². The molecule has 0 heterocycles. The van der Waals surface area contributed by atoms with E-state index in [2.05, 4.69) is 21.0 Å². The van der Waals surface area contributed by atoms with Crippen molar-refractivity contribution in [2.45, 2.75) is 122 Å². The summed E-state index contributed by atoms with van der Waals surface area (Å²) in [7, 11) is 7.40. The highest BCUT2D eigenvalue weighted by atomic mass is 127. The van der Waals surface area contributed by atoms with Crippen LogP contribution in [-0.2, 0) is 13.3 Å². The van der Waals surface area contributed by atoms with Gasteiger partial charge in [0.2, 0.25) is 0 Å². The van der Waals surface area contributed by atoms with E-state index in [4.69, 9.17) is 13.3 Å². The number of halogens is 1. The molecule has 0 fully saturated rings. The number of hydrogen-bond donors (Lipinski definition) is 0. The third kappa shape index (κ3) is 20.2. The third-order valence-electron chi connectivity index (χ3n) is 6.80. The normalized spacial score (nSPS) is 12.2. The Morgan fingerprint density at radius 2 is 0.812 bits per heavy atom. The van der Waals surface area contributed by atoms with Crippen LogP contribution >= 0.6 is 0 Å². The summed E-state index contributed by atoms with van der Waals surface area (Å²) in [5.74, 6) is 0. The average Bonchev–Trinajstić information content (AvgIpc) is 2.76. The monoisotopic (exact) mass is 587 g/mol. The summed E-state index contributed by atoms with van der Waals surface area (Å²) in [5.41, 5.74) is 0. The third-order valence-corrected chi connectivity index (χ3v) is 9.63. The fraction of sp³-hybridized carbons (Fsp3) is 1.00. The van der Waals surface area contributed by atoms with E-state index in [1.165, 1.54) is 109 Å². The smallest absolute Gasteiger partial charge is 0.500 e. The highest BCUT2D eigenvalue weighted by Crippen LogP contribution is 2.17. The Bertz CT molecular complexity index is 374. The minimum Gasteiger partial charge on any atom is -1.00 e. The van der Waals surface area contributed by atoms with Crippen molar-refractivity contribution in [3.63, 3.8) is 0 Å². The van der Waals surface area contributed by atoms with Crippen molar-refractivity contribution >= 4 is 8.80 Å². The van der Waals surface area contributed by atoms with Crippen LogP contribution in [0.25, 0.3) is 0 Å². The molecule has 0 amide bonds. The second kappa shape index (κ2) is 23.5. The van der Waals surface area contributed by atoms with E-state index in [0.29, 0.717) is 0 Å². The van der Waals surface area contributed by atoms with Crippen LogP contribution in [0, 0.1) is 0 Å².